The Morgan fingerprint density at radius 3 is 1.90 bits per heavy atom. The fourth-order valence-corrected chi connectivity index (χ4v) is 2.89. The lowest BCUT2D eigenvalue weighted by Gasteiger charge is -2.13. The first-order valence-corrected chi connectivity index (χ1v) is 10.9. The molecule has 4 rings (SSSR count). The Labute approximate surface area is 180 Å². The van der Waals surface area contributed by atoms with Gasteiger partial charge in [-0.2, -0.15) is 0 Å². The summed E-state index contributed by atoms with van der Waals surface area (Å²) in [5.41, 5.74) is 4.11. The van der Waals surface area contributed by atoms with Gasteiger partial charge >= 0.3 is 5.69 Å². The van der Waals surface area contributed by atoms with Crippen molar-refractivity contribution in [3.05, 3.63) is 64.8 Å². The zero-order valence-corrected chi connectivity index (χ0v) is 20.0. The lowest BCUT2D eigenvalue weighted by atomic mass is 9.96. The molecule has 2 N–H and O–H groups in total. The number of imidazole rings is 2. The minimum absolute atomic E-state index is 0.0313. The molecular weight excluding hydrogens is 372 g/mol. The standard InChI is InChI=1S/C11H14N2.C10H12N2O.2C2H6/c1-11(2,3)10-12-8-6-4-5-7-9(8)13-10;1-7(2)12-9-6-4-3-5-8(9)11-10(12)13;2*1-2/h4-7H,1-3H3,(H,12,13);3-7H,1-2H3,(H,11,13);2*1-2H3. The van der Waals surface area contributed by atoms with E-state index in [1.54, 1.807) is 4.57 Å². The number of para-hydroxylation sites is 4. The van der Waals surface area contributed by atoms with E-state index in [4.69, 9.17) is 0 Å². The van der Waals surface area contributed by atoms with Crippen LogP contribution in [0.15, 0.2) is 53.3 Å². The number of H-pyrrole nitrogens is 2. The maximum atomic E-state index is 11.5. The SMILES string of the molecule is CC.CC.CC(C)(C)c1nc2ccccc2[nH]1.CC(C)n1c(=O)[nH]c2ccccc21. The fourth-order valence-electron chi connectivity index (χ4n) is 2.89. The minimum atomic E-state index is -0.0313. The summed E-state index contributed by atoms with van der Waals surface area (Å²) in [5.74, 6) is 1.05. The van der Waals surface area contributed by atoms with Crippen LogP contribution in [0.4, 0.5) is 0 Å². The third-order valence-corrected chi connectivity index (χ3v) is 4.24. The van der Waals surface area contributed by atoms with Gasteiger partial charge in [0.05, 0.1) is 22.1 Å². The lowest BCUT2D eigenvalue weighted by Crippen LogP contribution is -2.18. The molecule has 5 heteroatoms. The summed E-state index contributed by atoms with van der Waals surface area (Å²) in [4.78, 5) is 22.2. The van der Waals surface area contributed by atoms with Gasteiger partial charge in [0, 0.05) is 11.5 Å². The fraction of sp³-hybridized carbons (Fsp3) is 0.440. The number of benzene rings is 2. The number of fused-ring (bicyclic) bond motifs is 2. The molecule has 0 spiro atoms. The Balaban J connectivity index is 0.000000258. The van der Waals surface area contributed by atoms with Crippen LogP contribution in [0.2, 0.25) is 0 Å². The van der Waals surface area contributed by atoms with Crippen LogP contribution in [0.25, 0.3) is 22.1 Å². The molecule has 2 heterocycles. The van der Waals surface area contributed by atoms with Gasteiger partial charge in [-0.1, -0.05) is 72.7 Å². The Hall–Kier alpha value is -2.82. The van der Waals surface area contributed by atoms with Crippen LogP contribution in [0.1, 0.15) is 74.2 Å². The molecule has 4 aromatic rings. The second-order valence-electron chi connectivity index (χ2n) is 7.76. The molecule has 0 saturated heterocycles. The highest BCUT2D eigenvalue weighted by molar-refractivity contribution is 5.75. The van der Waals surface area contributed by atoms with Crippen LogP contribution < -0.4 is 5.69 Å². The van der Waals surface area contributed by atoms with Crippen molar-refractivity contribution in [2.45, 2.75) is 73.8 Å². The van der Waals surface area contributed by atoms with E-state index in [0.29, 0.717) is 0 Å². The van der Waals surface area contributed by atoms with Gasteiger partial charge in [0.25, 0.3) is 0 Å². The van der Waals surface area contributed by atoms with Crippen LogP contribution in [0.5, 0.6) is 0 Å². The number of hydrogen-bond donors (Lipinski definition) is 2. The summed E-state index contributed by atoms with van der Waals surface area (Å²) >= 11 is 0. The molecule has 0 saturated carbocycles. The Morgan fingerprint density at radius 2 is 1.37 bits per heavy atom. The Morgan fingerprint density at radius 1 is 0.833 bits per heavy atom. The third-order valence-electron chi connectivity index (χ3n) is 4.24. The summed E-state index contributed by atoms with van der Waals surface area (Å²) in [5, 5.41) is 0. The molecule has 0 atom stereocenters. The number of aromatic amines is 2. The van der Waals surface area contributed by atoms with Crippen LogP contribution in [0, 0.1) is 0 Å². The molecule has 164 valence electrons. The molecule has 0 amide bonds. The second kappa shape index (κ2) is 11.4. The minimum Gasteiger partial charge on any atom is -0.342 e. The molecule has 5 nitrogen and oxygen atoms in total. The number of rotatable bonds is 1. The zero-order chi connectivity index (χ0) is 22.9. The highest BCUT2D eigenvalue weighted by Gasteiger charge is 2.17. The second-order valence-corrected chi connectivity index (χ2v) is 7.76. The largest absolute Gasteiger partial charge is 0.342 e. The monoisotopic (exact) mass is 410 g/mol. The number of hydrogen-bond acceptors (Lipinski definition) is 2. The molecule has 2 aromatic carbocycles. The predicted octanol–water partition coefficient (Wildman–Crippen LogP) is 6.82. The predicted molar refractivity (Wildman–Crippen MR) is 130 cm³/mol. The van der Waals surface area contributed by atoms with Crippen molar-refractivity contribution in [1.82, 2.24) is 19.5 Å². The first kappa shape index (κ1) is 25.2. The number of nitrogens with zero attached hydrogens (tertiary/aromatic N) is 2. The van der Waals surface area contributed by atoms with E-state index in [9.17, 15) is 4.79 Å². The van der Waals surface area contributed by atoms with E-state index < -0.39 is 0 Å². The van der Waals surface area contributed by atoms with E-state index in [1.807, 2.05) is 84.0 Å². The number of aromatic nitrogens is 4. The van der Waals surface area contributed by atoms with Crippen molar-refractivity contribution >= 4 is 22.1 Å². The molecule has 0 radical (unpaired) electrons. The summed E-state index contributed by atoms with van der Waals surface area (Å²) in [7, 11) is 0. The molecule has 0 bridgehead atoms. The van der Waals surface area contributed by atoms with Crippen LogP contribution in [-0.2, 0) is 5.41 Å². The van der Waals surface area contributed by atoms with E-state index in [0.717, 1.165) is 27.9 Å². The summed E-state index contributed by atoms with van der Waals surface area (Å²) in [6, 6.07) is 16.0. The number of nitrogens with one attached hydrogen (secondary N) is 2. The van der Waals surface area contributed by atoms with Crippen LogP contribution >= 0.6 is 0 Å². The topological polar surface area (TPSA) is 66.5 Å². The summed E-state index contributed by atoms with van der Waals surface area (Å²) in [6.45, 7) is 18.5. The molecule has 0 unspecified atom stereocenters. The van der Waals surface area contributed by atoms with Crippen molar-refractivity contribution in [3.63, 3.8) is 0 Å². The Kier molecular flexibility index (Phi) is 9.57. The molecular formula is C25H38N4O. The molecule has 0 aliphatic rings. The van der Waals surface area contributed by atoms with Gasteiger partial charge < -0.3 is 9.97 Å². The third kappa shape index (κ3) is 6.09. The molecule has 2 aromatic heterocycles. The van der Waals surface area contributed by atoms with Crippen LogP contribution in [0.3, 0.4) is 0 Å². The van der Waals surface area contributed by atoms with Gasteiger partial charge in [0.2, 0.25) is 0 Å². The lowest BCUT2D eigenvalue weighted by molar-refractivity contribution is 0.554. The zero-order valence-electron chi connectivity index (χ0n) is 20.0. The van der Waals surface area contributed by atoms with E-state index in [2.05, 4.69) is 41.8 Å². The average Bonchev–Trinajstić information content (AvgIpc) is 3.31. The van der Waals surface area contributed by atoms with E-state index in [-0.39, 0.29) is 17.1 Å². The molecule has 0 fully saturated rings. The van der Waals surface area contributed by atoms with Gasteiger partial charge in [0.15, 0.2) is 0 Å². The smallest absolute Gasteiger partial charge is 0.326 e. The summed E-state index contributed by atoms with van der Waals surface area (Å²) < 4.78 is 1.76. The average molecular weight is 411 g/mol. The van der Waals surface area contributed by atoms with Gasteiger partial charge in [-0.05, 0) is 38.1 Å². The maximum Gasteiger partial charge on any atom is 0.326 e. The van der Waals surface area contributed by atoms with Crippen LogP contribution in [-0.4, -0.2) is 19.5 Å². The first-order chi connectivity index (χ1) is 14.3. The Bertz CT molecular complexity index is 1040. The highest BCUT2D eigenvalue weighted by atomic mass is 16.1. The van der Waals surface area contributed by atoms with Gasteiger partial charge in [-0.15, -0.1) is 0 Å². The maximum absolute atomic E-state index is 11.5. The van der Waals surface area contributed by atoms with E-state index >= 15 is 0 Å². The van der Waals surface area contributed by atoms with Gasteiger partial charge in [-0.25, -0.2) is 9.78 Å². The first-order valence-electron chi connectivity index (χ1n) is 10.9. The summed E-state index contributed by atoms with van der Waals surface area (Å²) in [6.07, 6.45) is 0. The van der Waals surface area contributed by atoms with Crippen molar-refractivity contribution in [2.24, 2.45) is 0 Å². The van der Waals surface area contributed by atoms with Crippen molar-refractivity contribution < 1.29 is 0 Å². The van der Waals surface area contributed by atoms with E-state index in [1.165, 1.54) is 0 Å². The molecule has 30 heavy (non-hydrogen) atoms. The van der Waals surface area contributed by atoms with Gasteiger partial charge in [-0.3, -0.25) is 4.57 Å². The van der Waals surface area contributed by atoms with Crippen molar-refractivity contribution in [2.75, 3.05) is 0 Å². The quantitative estimate of drug-likeness (QED) is 0.361. The van der Waals surface area contributed by atoms with Crippen molar-refractivity contribution in [3.8, 4) is 0 Å². The highest BCUT2D eigenvalue weighted by Crippen LogP contribution is 2.21. The normalized spacial score (nSPS) is 10.6. The van der Waals surface area contributed by atoms with Gasteiger partial charge in [0.1, 0.15) is 5.82 Å². The van der Waals surface area contributed by atoms with Crippen molar-refractivity contribution in [1.29, 1.82) is 0 Å². The molecule has 0 aliphatic heterocycles. The molecule has 0 aliphatic carbocycles.